The summed E-state index contributed by atoms with van der Waals surface area (Å²) in [5.41, 5.74) is 0.661. The summed E-state index contributed by atoms with van der Waals surface area (Å²) in [6.07, 6.45) is 0.124. The smallest absolute Gasteiger partial charge is 0.160 e. The quantitative estimate of drug-likeness (QED) is 0.640. The molecule has 1 aromatic carbocycles. The summed E-state index contributed by atoms with van der Waals surface area (Å²) in [6.45, 7) is 3.40. The highest BCUT2D eigenvalue weighted by atomic mass is 79.9. The average molecular weight is 422 g/mol. The SMILES string of the molecule is CC(=O)CC(C)Oc1c(Br)cc(Br)c2ccc(Cl)nc12. The third kappa shape index (κ3) is 3.51. The summed E-state index contributed by atoms with van der Waals surface area (Å²) in [6, 6.07) is 5.50. The van der Waals surface area contributed by atoms with E-state index in [1.807, 2.05) is 19.1 Å². The van der Waals surface area contributed by atoms with Crippen LogP contribution in [0.5, 0.6) is 5.75 Å². The second-order valence-corrected chi connectivity index (χ2v) is 6.63. The highest BCUT2D eigenvalue weighted by Crippen LogP contribution is 2.38. The minimum absolute atomic E-state index is 0.0843. The first-order chi connectivity index (χ1) is 9.38. The van der Waals surface area contributed by atoms with Gasteiger partial charge in [-0.05, 0) is 48.0 Å². The van der Waals surface area contributed by atoms with Crippen LogP contribution in [0, 0.1) is 0 Å². The van der Waals surface area contributed by atoms with E-state index in [0.29, 0.717) is 22.8 Å². The van der Waals surface area contributed by atoms with Crippen molar-refractivity contribution >= 4 is 60.1 Å². The molecule has 0 spiro atoms. The fourth-order valence-electron chi connectivity index (χ4n) is 1.93. The number of carbonyl (C=O) groups excluding carboxylic acids is 1. The maximum Gasteiger partial charge on any atom is 0.160 e. The van der Waals surface area contributed by atoms with Gasteiger partial charge in [0.05, 0.1) is 4.47 Å². The molecule has 0 N–H and O–H groups in total. The van der Waals surface area contributed by atoms with Crippen LogP contribution in [0.4, 0.5) is 0 Å². The van der Waals surface area contributed by atoms with Crippen LogP contribution >= 0.6 is 43.5 Å². The molecule has 1 unspecified atom stereocenters. The van der Waals surface area contributed by atoms with Crippen molar-refractivity contribution in [3.05, 3.63) is 32.3 Å². The van der Waals surface area contributed by atoms with Gasteiger partial charge < -0.3 is 4.74 Å². The van der Waals surface area contributed by atoms with Crippen LogP contribution in [-0.4, -0.2) is 16.9 Å². The first-order valence-corrected chi connectivity index (χ1v) is 7.95. The van der Waals surface area contributed by atoms with Crippen molar-refractivity contribution in [3.63, 3.8) is 0 Å². The molecule has 0 amide bonds. The summed E-state index contributed by atoms with van der Waals surface area (Å²) >= 11 is 12.9. The molecule has 2 aromatic rings. The third-order valence-corrected chi connectivity index (χ3v) is 4.15. The van der Waals surface area contributed by atoms with E-state index in [-0.39, 0.29) is 11.9 Å². The molecule has 0 radical (unpaired) electrons. The summed E-state index contributed by atoms with van der Waals surface area (Å²) in [5.74, 6) is 0.681. The Hall–Kier alpha value is -0.650. The van der Waals surface area contributed by atoms with Crippen molar-refractivity contribution in [1.29, 1.82) is 0 Å². The molecule has 106 valence electrons. The maximum absolute atomic E-state index is 11.2. The van der Waals surface area contributed by atoms with Crippen LogP contribution in [0.25, 0.3) is 10.9 Å². The second-order valence-electron chi connectivity index (χ2n) is 4.53. The van der Waals surface area contributed by atoms with Crippen molar-refractivity contribution in [1.82, 2.24) is 4.98 Å². The van der Waals surface area contributed by atoms with Gasteiger partial charge in [-0.2, -0.15) is 0 Å². The van der Waals surface area contributed by atoms with Gasteiger partial charge in [0.2, 0.25) is 0 Å². The third-order valence-electron chi connectivity index (χ3n) is 2.70. The highest BCUT2D eigenvalue weighted by molar-refractivity contribution is 9.11. The first-order valence-electron chi connectivity index (χ1n) is 5.99. The second kappa shape index (κ2) is 6.41. The molecule has 6 heteroatoms. The van der Waals surface area contributed by atoms with E-state index in [2.05, 4.69) is 36.8 Å². The Morgan fingerprint density at radius 1 is 1.40 bits per heavy atom. The zero-order chi connectivity index (χ0) is 14.9. The number of fused-ring (bicyclic) bond motifs is 1. The number of rotatable bonds is 4. The monoisotopic (exact) mass is 419 g/mol. The minimum atomic E-state index is -0.228. The lowest BCUT2D eigenvalue weighted by atomic mass is 10.2. The maximum atomic E-state index is 11.2. The number of nitrogens with zero attached hydrogens (tertiary/aromatic N) is 1. The highest BCUT2D eigenvalue weighted by Gasteiger charge is 2.16. The zero-order valence-corrected chi connectivity index (χ0v) is 14.8. The number of Topliss-reactive ketones (excluding diaryl/α,β-unsaturated/α-hetero) is 1. The number of halogens is 3. The molecule has 2 rings (SSSR count). The van der Waals surface area contributed by atoms with Crippen molar-refractivity contribution in [3.8, 4) is 5.75 Å². The Labute approximate surface area is 138 Å². The summed E-state index contributed by atoms with van der Waals surface area (Å²) in [5, 5.41) is 1.30. The van der Waals surface area contributed by atoms with Gasteiger partial charge in [0.25, 0.3) is 0 Å². The number of hydrogen-bond donors (Lipinski definition) is 0. The van der Waals surface area contributed by atoms with Crippen molar-refractivity contribution < 1.29 is 9.53 Å². The van der Waals surface area contributed by atoms with E-state index in [4.69, 9.17) is 16.3 Å². The Morgan fingerprint density at radius 3 is 2.75 bits per heavy atom. The number of aromatic nitrogens is 1. The largest absolute Gasteiger partial charge is 0.487 e. The van der Waals surface area contributed by atoms with Gasteiger partial charge in [-0.1, -0.05) is 27.5 Å². The lowest BCUT2D eigenvalue weighted by Crippen LogP contribution is -2.16. The van der Waals surface area contributed by atoms with Crippen molar-refractivity contribution in [2.24, 2.45) is 0 Å². The Morgan fingerprint density at radius 2 is 2.10 bits per heavy atom. The average Bonchev–Trinajstić information content (AvgIpc) is 2.33. The van der Waals surface area contributed by atoms with Crippen LogP contribution in [-0.2, 0) is 4.79 Å². The normalized spacial score (nSPS) is 12.4. The van der Waals surface area contributed by atoms with Crippen molar-refractivity contribution in [2.75, 3.05) is 0 Å². The molecular weight excluding hydrogens is 409 g/mol. The van der Waals surface area contributed by atoms with Gasteiger partial charge in [-0.15, -0.1) is 0 Å². The number of ketones is 1. The lowest BCUT2D eigenvalue weighted by molar-refractivity contribution is -0.118. The van der Waals surface area contributed by atoms with E-state index in [9.17, 15) is 4.79 Å². The van der Waals surface area contributed by atoms with Crippen LogP contribution in [0.3, 0.4) is 0 Å². The lowest BCUT2D eigenvalue weighted by Gasteiger charge is -2.17. The van der Waals surface area contributed by atoms with Gasteiger partial charge in [-0.25, -0.2) is 4.98 Å². The number of ether oxygens (including phenoxy) is 1. The number of benzene rings is 1. The van der Waals surface area contributed by atoms with Gasteiger partial charge in [0.1, 0.15) is 22.6 Å². The van der Waals surface area contributed by atoms with Gasteiger partial charge in [0.15, 0.2) is 5.75 Å². The van der Waals surface area contributed by atoms with Crippen LogP contribution in [0.2, 0.25) is 5.15 Å². The molecule has 1 atom stereocenters. The fourth-order valence-corrected chi connectivity index (χ4v) is 3.44. The van der Waals surface area contributed by atoms with E-state index in [0.717, 1.165) is 14.3 Å². The first kappa shape index (κ1) is 15.7. The van der Waals surface area contributed by atoms with Gasteiger partial charge in [0, 0.05) is 16.3 Å². The Kier molecular flexibility index (Phi) is 5.04. The Bertz CT molecular complexity index is 676. The summed E-state index contributed by atoms with van der Waals surface area (Å²) in [4.78, 5) is 15.5. The molecule has 0 saturated carbocycles. The molecule has 0 aliphatic carbocycles. The van der Waals surface area contributed by atoms with E-state index >= 15 is 0 Å². The molecule has 0 fully saturated rings. The fraction of sp³-hybridized carbons (Fsp3) is 0.286. The predicted molar refractivity (Wildman–Crippen MR) is 87.5 cm³/mol. The zero-order valence-electron chi connectivity index (χ0n) is 10.9. The van der Waals surface area contributed by atoms with E-state index < -0.39 is 0 Å². The molecule has 20 heavy (non-hydrogen) atoms. The van der Waals surface area contributed by atoms with Gasteiger partial charge >= 0.3 is 0 Å². The number of carbonyl (C=O) groups is 1. The molecule has 3 nitrogen and oxygen atoms in total. The van der Waals surface area contributed by atoms with E-state index in [1.165, 1.54) is 0 Å². The summed E-state index contributed by atoms with van der Waals surface area (Å²) in [7, 11) is 0. The predicted octanol–water partition coefficient (Wildman–Crippen LogP) is 5.16. The summed E-state index contributed by atoms with van der Waals surface area (Å²) < 4.78 is 7.53. The van der Waals surface area contributed by atoms with E-state index in [1.54, 1.807) is 13.0 Å². The number of hydrogen-bond acceptors (Lipinski definition) is 3. The standard InChI is InChI=1S/C14H12Br2ClNO2/c1-7(19)5-8(2)20-14-11(16)6-10(15)9-3-4-12(17)18-13(9)14/h3-4,6,8H,5H2,1-2H3. The molecular formula is C14H12Br2ClNO2. The molecule has 0 aliphatic heterocycles. The molecule has 1 heterocycles. The van der Waals surface area contributed by atoms with Crippen LogP contribution in [0.15, 0.2) is 27.1 Å². The topological polar surface area (TPSA) is 39.2 Å². The molecule has 1 aromatic heterocycles. The van der Waals surface area contributed by atoms with Crippen LogP contribution < -0.4 is 4.74 Å². The van der Waals surface area contributed by atoms with Gasteiger partial charge in [-0.3, -0.25) is 4.79 Å². The molecule has 0 bridgehead atoms. The number of pyridine rings is 1. The Balaban J connectivity index is 2.51. The van der Waals surface area contributed by atoms with Crippen LogP contribution in [0.1, 0.15) is 20.3 Å². The van der Waals surface area contributed by atoms with Crippen molar-refractivity contribution in [2.45, 2.75) is 26.4 Å². The molecule has 0 aliphatic rings. The molecule has 0 saturated heterocycles. The minimum Gasteiger partial charge on any atom is -0.487 e.